The third-order valence-electron chi connectivity index (χ3n) is 4.17. The highest BCUT2D eigenvalue weighted by molar-refractivity contribution is 5.48. The monoisotopic (exact) mass is 217 g/mol. The molecule has 1 saturated carbocycles. The maximum Gasteiger partial charge on any atom is 0.238 e. The van der Waals surface area contributed by atoms with Crippen molar-refractivity contribution in [3.8, 4) is 0 Å². The largest absolute Gasteiger partial charge is 0.365 e. The van der Waals surface area contributed by atoms with Gasteiger partial charge in [-0.05, 0) is 49.7 Å². The zero-order chi connectivity index (χ0) is 11.2. The van der Waals surface area contributed by atoms with Crippen molar-refractivity contribution in [1.29, 1.82) is 0 Å². The second-order valence-electron chi connectivity index (χ2n) is 4.95. The predicted molar refractivity (Wildman–Crippen MR) is 59.4 cm³/mol. The number of isocyanates is 1. The number of aliphatic imine (C=N–C) groups is 1. The first-order valence-corrected chi connectivity index (χ1v) is 6.00. The summed E-state index contributed by atoms with van der Waals surface area (Å²) >= 11 is 0. The van der Waals surface area contributed by atoms with Crippen LogP contribution in [0.5, 0.6) is 0 Å². The molecular formula is C13H15NO2. The average Bonchev–Trinajstić information content (AvgIpc) is 2.86. The van der Waals surface area contributed by atoms with Gasteiger partial charge in [-0.15, -0.1) is 0 Å². The minimum Gasteiger partial charge on any atom is -0.365 e. The van der Waals surface area contributed by atoms with Crippen molar-refractivity contribution in [1.82, 2.24) is 0 Å². The molecule has 1 N–H and O–H groups in total. The second kappa shape index (κ2) is 3.41. The molecule has 0 saturated heterocycles. The Bertz CT molecular complexity index is 443. The van der Waals surface area contributed by atoms with Gasteiger partial charge in [-0.3, -0.25) is 0 Å². The zero-order valence-electron chi connectivity index (χ0n) is 9.20. The number of rotatable bonds is 1. The van der Waals surface area contributed by atoms with E-state index >= 15 is 0 Å². The lowest BCUT2D eigenvalue weighted by atomic mass is 9.79. The van der Waals surface area contributed by atoms with Gasteiger partial charge in [0.1, 0.15) is 0 Å². The van der Waals surface area contributed by atoms with Crippen molar-refractivity contribution in [2.24, 2.45) is 10.9 Å². The Balaban J connectivity index is 2.14. The van der Waals surface area contributed by atoms with E-state index in [1.54, 1.807) is 6.08 Å². The Kier molecular flexibility index (Phi) is 2.13. The molecular weight excluding hydrogens is 202 g/mol. The fourth-order valence-corrected chi connectivity index (χ4v) is 3.50. The van der Waals surface area contributed by atoms with Crippen LogP contribution >= 0.6 is 0 Å². The molecule has 84 valence electrons. The first-order valence-electron chi connectivity index (χ1n) is 6.00. The van der Waals surface area contributed by atoms with E-state index in [9.17, 15) is 9.90 Å². The van der Waals surface area contributed by atoms with Gasteiger partial charge in [-0.25, -0.2) is 4.79 Å². The minimum atomic E-state index is -1.26. The number of aliphatic hydroxyl groups is 1. The van der Waals surface area contributed by atoms with Gasteiger partial charge in [0.15, 0.2) is 5.72 Å². The Labute approximate surface area is 94.6 Å². The van der Waals surface area contributed by atoms with E-state index in [0.717, 1.165) is 44.1 Å². The van der Waals surface area contributed by atoms with E-state index in [4.69, 9.17) is 0 Å². The Morgan fingerprint density at radius 2 is 2.25 bits per heavy atom. The van der Waals surface area contributed by atoms with Gasteiger partial charge < -0.3 is 5.11 Å². The molecule has 3 heteroatoms. The molecule has 3 aliphatic rings. The highest BCUT2D eigenvalue weighted by Gasteiger charge is 2.48. The van der Waals surface area contributed by atoms with Crippen LogP contribution in [0.2, 0.25) is 0 Å². The molecule has 0 amide bonds. The van der Waals surface area contributed by atoms with Crippen LogP contribution in [-0.4, -0.2) is 16.9 Å². The highest BCUT2D eigenvalue weighted by atomic mass is 16.3. The molecule has 0 aromatic rings. The Morgan fingerprint density at radius 3 is 3.06 bits per heavy atom. The fourth-order valence-electron chi connectivity index (χ4n) is 3.50. The van der Waals surface area contributed by atoms with Crippen LogP contribution in [0, 0.1) is 5.92 Å². The van der Waals surface area contributed by atoms with Gasteiger partial charge in [0.25, 0.3) is 0 Å². The molecule has 0 bridgehead atoms. The Morgan fingerprint density at radius 1 is 1.38 bits per heavy atom. The van der Waals surface area contributed by atoms with Gasteiger partial charge in [0.05, 0.1) is 0 Å². The summed E-state index contributed by atoms with van der Waals surface area (Å²) in [7, 11) is 0. The summed E-state index contributed by atoms with van der Waals surface area (Å²) in [4.78, 5) is 14.3. The molecule has 0 aromatic carbocycles. The lowest BCUT2D eigenvalue weighted by molar-refractivity contribution is 0.0381. The summed E-state index contributed by atoms with van der Waals surface area (Å²) in [5, 5.41) is 10.7. The molecule has 16 heavy (non-hydrogen) atoms. The van der Waals surface area contributed by atoms with Gasteiger partial charge >= 0.3 is 0 Å². The maximum atomic E-state index is 10.7. The van der Waals surface area contributed by atoms with Crippen molar-refractivity contribution < 1.29 is 9.90 Å². The molecule has 0 spiro atoms. The van der Waals surface area contributed by atoms with Crippen LogP contribution in [0.15, 0.2) is 27.8 Å². The zero-order valence-corrected chi connectivity index (χ0v) is 9.20. The number of hydrogen-bond acceptors (Lipinski definition) is 3. The molecule has 0 aliphatic heterocycles. The van der Waals surface area contributed by atoms with E-state index in [2.05, 4.69) is 11.1 Å². The molecule has 0 heterocycles. The third-order valence-corrected chi connectivity index (χ3v) is 4.17. The van der Waals surface area contributed by atoms with Gasteiger partial charge in [0.2, 0.25) is 6.08 Å². The lowest BCUT2D eigenvalue weighted by Gasteiger charge is -2.35. The molecule has 2 atom stereocenters. The van der Waals surface area contributed by atoms with Crippen molar-refractivity contribution in [3.63, 3.8) is 0 Å². The van der Waals surface area contributed by atoms with Crippen molar-refractivity contribution in [3.05, 3.63) is 22.8 Å². The van der Waals surface area contributed by atoms with Crippen LogP contribution in [0.3, 0.4) is 0 Å². The van der Waals surface area contributed by atoms with Crippen LogP contribution in [-0.2, 0) is 4.79 Å². The quantitative estimate of drug-likeness (QED) is 0.541. The van der Waals surface area contributed by atoms with E-state index < -0.39 is 5.72 Å². The van der Waals surface area contributed by atoms with Crippen LogP contribution < -0.4 is 0 Å². The van der Waals surface area contributed by atoms with E-state index in [0.29, 0.717) is 0 Å². The second-order valence-corrected chi connectivity index (χ2v) is 4.95. The molecule has 0 aromatic heterocycles. The number of carbonyl (C=O) groups excluding carboxylic acids is 1. The molecule has 1 fully saturated rings. The van der Waals surface area contributed by atoms with Crippen molar-refractivity contribution >= 4 is 6.08 Å². The van der Waals surface area contributed by atoms with Gasteiger partial charge in [-0.2, -0.15) is 4.99 Å². The highest BCUT2D eigenvalue weighted by Crippen LogP contribution is 2.51. The minimum absolute atomic E-state index is 0.0331. The topological polar surface area (TPSA) is 49.7 Å². The van der Waals surface area contributed by atoms with Gasteiger partial charge in [0, 0.05) is 5.92 Å². The lowest BCUT2D eigenvalue weighted by Crippen LogP contribution is -2.39. The molecule has 2 unspecified atom stereocenters. The number of fused-ring (bicyclic) bond motifs is 1. The molecule has 3 rings (SSSR count). The SMILES string of the molecule is O=C=NC1(O)C2=C(C=C3CCCC31)CCC2. The van der Waals surface area contributed by atoms with E-state index in [-0.39, 0.29) is 5.92 Å². The summed E-state index contributed by atoms with van der Waals surface area (Å²) in [5.41, 5.74) is 2.22. The van der Waals surface area contributed by atoms with Crippen LogP contribution in [0.25, 0.3) is 0 Å². The molecule has 3 aliphatic carbocycles. The number of hydrogen-bond donors (Lipinski definition) is 1. The summed E-state index contributed by atoms with van der Waals surface area (Å²) in [6.07, 6.45) is 9.83. The fraction of sp³-hybridized carbons (Fsp3) is 0.615. The maximum absolute atomic E-state index is 10.7. The Hall–Kier alpha value is -1.18. The predicted octanol–water partition coefficient (Wildman–Crippen LogP) is 2.23. The summed E-state index contributed by atoms with van der Waals surface area (Å²) < 4.78 is 0. The first kappa shape index (κ1) is 10.0. The van der Waals surface area contributed by atoms with E-state index in [1.807, 2.05) is 0 Å². The average molecular weight is 217 g/mol. The summed E-state index contributed by atoms with van der Waals surface area (Å²) in [6, 6.07) is 0. The van der Waals surface area contributed by atoms with Crippen molar-refractivity contribution in [2.75, 3.05) is 0 Å². The van der Waals surface area contributed by atoms with Crippen molar-refractivity contribution in [2.45, 2.75) is 44.2 Å². The third kappa shape index (κ3) is 1.19. The molecule has 0 radical (unpaired) electrons. The van der Waals surface area contributed by atoms with Gasteiger partial charge in [-0.1, -0.05) is 11.6 Å². The summed E-state index contributed by atoms with van der Waals surface area (Å²) in [6.45, 7) is 0. The summed E-state index contributed by atoms with van der Waals surface area (Å²) in [5.74, 6) is 0.0331. The standard InChI is InChI=1S/C13H15NO2/c15-8-14-13(16)11-5-1-3-9(11)7-10-4-2-6-12(10)13/h7,11,16H,1-6H2. The van der Waals surface area contributed by atoms with Crippen LogP contribution in [0.1, 0.15) is 38.5 Å². The smallest absolute Gasteiger partial charge is 0.238 e. The number of allylic oxidation sites excluding steroid dienone is 2. The molecule has 3 nitrogen and oxygen atoms in total. The van der Waals surface area contributed by atoms with E-state index in [1.165, 1.54) is 11.1 Å². The van der Waals surface area contributed by atoms with Crippen LogP contribution in [0.4, 0.5) is 0 Å². The first-order chi connectivity index (χ1) is 7.75. The normalized spacial score (nSPS) is 36.6. The number of nitrogens with zero attached hydrogens (tertiary/aromatic N) is 1.